The van der Waals surface area contributed by atoms with Gasteiger partial charge in [0.2, 0.25) is 5.95 Å². The molecule has 0 bridgehead atoms. The third kappa shape index (κ3) is 4.50. The van der Waals surface area contributed by atoms with E-state index in [9.17, 15) is 4.79 Å². The summed E-state index contributed by atoms with van der Waals surface area (Å²) in [5.74, 6) is 0.164. The minimum atomic E-state index is -0.246. The first-order valence-corrected chi connectivity index (χ1v) is 9.05. The molecule has 0 atom stereocenters. The fourth-order valence-corrected chi connectivity index (χ4v) is 2.83. The second-order valence-electron chi connectivity index (χ2n) is 6.61. The molecule has 3 aromatic rings. The molecule has 0 radical (unpaired) electrons. The fraction of sp³-hybridized carbons (Fsp3) is 0.227. The minimum absolute atomic E-state index is 0.246. The fourth-order valence-electron chi connectivity index (χ4n) is 2.83. The van der Waals surface area contributed by atoms with E-state index in [0.29, 0.717) is 11.6 Å². The number of nitrogens with one attached hydrogen (secondary N) is 2. The lowest BCUT2D eigenvalue weighted by Gasteiger charge is -2.11. The molecule has 2 aromatic carbocycles. The topological polar surface area (TPSA) is 66.9 Å². The van der Waals surface area contributed by atoms with Crippen molar-refractivity contribution in [2.45, 2.75) is 34.1 Å². The van der Waals surface area contributed by atoms with Crippen molar-refractivity contribution in [3.05, 3.63) is 76.6 Å². The van der Waals surface area contributed by atoms with E-state index in [1.165, 1.54) is 11.1 Å². The predicted molar refractivity (Wildman–Crippen MR) is 110 cm³/mol. The number of para-hydroxylation sites is 1. The molecule has 1 aromatic heterocycles. The largest absolute Gasteiger partial charge is 0.324 e. The molecule has 1 heterocycles. The van der Waals surface area contributed by atoms with Crippen LogP contribution in [0.2, 0.25) is 0 Å². The molecule has 5 heteroatoms. The first-order chi connectivity index (χ1) is 13.0. The van der Waals surface area contributed by atoms with Crippen LogP contribution in [0.3, 0.4) is 0 Å². The molecule has 27 heavy (non-hydrogen) atoms. The highest BCUT2D eigenvalue weighted by atomic mass is 16.1. The van der Waals surface area contributed by atoms with Gasteiger partial charge in [-0.3, -0.25) is 4.79 Å². The van der Waals surface area contributed by atoms with E-state index in [-0.39, 0.29) is 5.91 Å². The van der Waals surface area contributed by atoms with Gasteiger partial charge in [-0.1, -0.05) is 31.2 Å². The van der Waals surface area contributed by atoms with Crippen LogP contribution in [0.25, 0.3) is 0 Å². The van der Waals surface area contributed by atoms with Crippen LogP contribution in [0.5, 0.6) is 0 Å². The van der Waals surface area contributed by atoms with Crippen molar-refractivity contribution in [1.82, 2.24) is 9.97 Å². The average Bonchev–Trinajstić information content (AvgIpc) is 2.64. The third-order valence-corrected chi connectivity index (χ3v) is 4.50. The first-order valence-electron chi connectivity index (χ1n) is 9.05. The van der Waals surface area contributed by atoms with Crippen molar-refractivity contribution in [2.75, 3.05) is 10.6 Å². The average molecular weight is 360 g/mol. The molecule has 138 valence electrons. The van der Waals surface area contributed by atoms with Gasteiger partial charge in [-0.2, -0.15) is 0 Å². The van der Waals surface area contributed by atoms with Gasteiger partial charge in [0.15, 0.2) is 0 Å². The predicted octanol–water partition coefficient (Wildman–Crippen LogP) is 4.96. The van der Waals surface area contributed by atoms with E-state index in [1.54, 1.807) is 6.07 Å². The molecule has 0 fully saturated rings. The number of hydrogen-bond acceptors (Lipinski definition) is 4. The van der Waals surface area contributed by atoms with Crippen LogP contribution in [0.15, 0.2) is 48.5 Å². The van der Waals surface area contributed by atoms with Crippen LogP contribution in [0.4, 0.5) is 17.3 Å². The summed E-state index contributed by atoms with van der Waals surface area (Å²) in [6.07, 6.45) is 0.846. The van der Waals surface area contributed by atoms with Gasteiger partial charge in [0, 0.05) is 17.1 Å². The lowest BCUT2D eigenvalue weighted by atomic mass is 10.1. The summed E-state index contributed by atoms with van der Waals surface area (Å²) >= 11 is 0. The van der Waals surface area contributed by atoms with Gasteiger partial charge in [0.25, 0.3) is 5.91 Å². The molecule has 5 nitrogen and oxygen atoms in total. The second kappa shape index (κ2) is 7.99. The Balaban J connectivity index is 1.84. The third-order valence-electron chi connectivity index (χ3n) is 4.50. The number of carbonyl (C=O) groups excluding carboxylic acids is 1. The van der Waals surface area contributed by atoms with Gasteiger partial charge in [0.05, 0.1) is 0 Å². The van der Waals surface area contributed by atoms with Crippen LogP contribution in [0.1, 0.15) is 39.8 Å². The summed E-state index contributed by atoms with van der Waals surface area (Å²) in [4.78, 5) is 21.5. The van der Waals surface area contributed by atoms with Crippen LogP contribution in [-0.2, 0) is 6.42 Å². The van der Waals surface area contributed by atoms with E-state index in [4.69, 9.17) is 0 Å². The van der Waals surface area contributed by atoms with Crippen molar-refractivity contribution < 1.29 is 4.79 Å². The number of benzene rings is 2. The van der Waals surface area contributed by atoms with Crippen molar-refractivity contribution in [3.8, 4) is 0 Å². The van der Waals surface area contributed by atoms with Crippen molar-refractivity contribution in [1.29, 1.82) is 0 Å². The van der Waals surface area contributed by atoms with Crippen molar-refractivity contribution in [3.63, 3.8) is 0 Å². The summed E-state index contributed by atoms with van der Waals surface area (Å²) in [6.45, 7) is 8.04. The number of aromatic nitrogens is 2. The molecule has 0 spiro atoms. The van der Waals surface area contributed by atoms with E-state index in [1.807, 2.05) is 49.4 Å². The SMILES string of the molecule is CCc1ccccc1NC(=O)c1cc(C)nc(Nc2ccc(C)c(C)c2)n1. The van der Waals surface area contributed by atoms with Crippen LogP contribution in [-0.4, -0.2) is 15.9 Å². The van der Waals surface area contributed by atoms with E-state index < -0.39 is 0 Å². The summed E-state index contributed by atoms with van der Waals surface area (Å²) in [5.41, 5.74) is 6.26. The van der Waals surface area contributed by atoms with E-state index >= 15 is 0 Å². The second-order valence-corrected chi connectivity index (χ2v) is 6.61. The molecule has 0 saturated heterocycles. The molecule has 1 amide bonds. The summed E-state index contributed by atoms with van der Waals surface area (Å²) in [6, 6.07) is 15.5. The zero-order valence-electron chi connectivity index (χ0n) is 16.1. The van der Waals surface area contributed by atoms with Gasteiger partial charge in [-0.15, -0.1) is 0 Å². The van der Waals surface area contributed by atoms with Gasteiger partial charge < -0.3 is 10.6 Å². The maximum absolute atomic E-state index is 12.7. The Morgan fingerprint density at radius 3 is 2.48 bits per heavy atom. The highest BCUT2D eigenvalue weighted by Crippen LogP contribution is 2.19. The smallest absolute Gasteiger partial charge is 0.274 e. The molecule has 3 rings (SSSR count). The van der Waals surface area contributed by atoms with Gasteiger partial charge in [-0.05, 0) is 68.1 Å². The van der Waals surface area contributed by atoms with Gasteiger partial charge in [0.1, 0.15) is 5.69 Å². The van der Waals surface area contributed by atoms with E-state index in [2.05, 4.69) is 41.4 Å². The monoisotopic (exact) mass is 360 g/mol. The molecule has 0 aliphatic carbocycles. The van der Waals surface area contributed by atoms with Crippen molar-refractivity contribution >= 4 is 23.2 Å². The highest BCUT2D eigenvalue weighted by Gasteiger charge is 2.13. The molecule has 0 aliphatic heterocycles. The lowest BCUT2D eigenvalue weighted by Crippen LogP contribution is -2.16. The minimum Gasteiger partial charge on any atom is -0.324 e. The first kappa shape index (κ1) is 18.6. The maximum atomic E-state index is 12.7. The Hall–Kier alpha value is -3.21. The maximum Gasteiger partial charge on any atom is 0.274 e. The quantitative estimate of drug-likeness (QED) is 0.675. The Kier molecular flexibility index (Phi) is 5.50. The Labute approximate surface area is 159 Å². The van der Waals surface area contributed by atoms with Crippen molar-refractivity contribution in [2.24, 2.45) is 0 Å². The molecular weight excluding hydrogens is 336 g/mol. The van der Waals surface area contributed by atoms with Crippen LogP contribution >= 0.6 is 0 Å². The van der Waals surface area contributed by atoms with Gasteiger partial charge >= 0.3 is 0 Å². The number of aryl methyl sites for hydroxylation is 4. The zero-order chi connectivity index (χ0) is 19.4. The Morgan fingerprint density at radius 2 is 1.74 bits per heavy atom. The number of hydrogen-bond donors (Lipinski definition) is 2. The summed E-state index contributed by atoms with van der Waals surface area (Å²) in [5, 5.41) is 6.15. The molecule has 0 saturated carbocycles. The zero-order valence-corrected chi connectivity index (χ0v) is 16.1. The Morgan fingerprint density at radius 1 is 0.963 bits per heavy atom. The standard InChI is InChI=1S/C22H24N4O/c1-5-17-8-6-7-9-19(17)25-21(27)20-13-16(4)23-22(26-20)24-18-11-10-14(2)15(3)12-18/h6-13H,5H2,1-4H3,(H,25,27)(H,23,24,26). The molecule has 0 unspecified atom stereocenters. The number of amides is 1. The van der Waals surface area contributed by atoms with E-state index in [0.717, 1.165) is 29.1 Å². The number of carbonyl (C=O) groups is 1. The molecule has 0 aliphatic rings. The summed E-state index contributed by atoms with van der Waals surface area (Å²) in [7, 11) is 0. The number of rotatable bonds is 5. The summed E-state index contributed by atoms with van der Waals surface area (Å²) < 4.78 is 0. The number of nitrogens with zero attached hydrogens (tertiary/aromatic N) is 2. The molecular formula is C22H24N4O. The Bertz CT molecular complexity index is 982. The van der Waals surface area contributed by atoms with Crippen LogP contribution < -0.4 is 10.6 Å². The lowest BCUT2D eigenvalue weighted by molar-refractivity contribution is 0.102. The normalized spacial score (nSPS) is 10.5. The van der Waals surface area contributed by atoms with Gasteiger partial charge in [-0.25, -0.2) is 9.97 Å². The highest BCUT2D eigenvalue weighted by molar-refractivity contribution is 6.03. The number of anilines is 3. The van der Waals surface area contributed by atoms with Crippen LogP contribution in [0, 0.1) is 20.8 Å². The molecule has 2 N–H and O–H groups in total.